The number of nitrogens with one attached hydrogen (secondary N) is 2. The highest BCUT2D eigenvalue weighted by Crippen LogP contribution is 2.15. The fraction of sp³-hybridized carbons (Fsp3) is 0.176. The molecule has 0 aliphatic carbocycles. The van der Waals surface area contributed by atoms with Gasteiger partial charge in [-0.25, -0.2) is 0 Å². The van der Waals surface area contributed by atoms with Crippen LogP contribution in [0.2, 0.25) is 0 Å². The predicted molar refractivity (Wildman–Crippen MR) is 84.5 cm³/mol. The Hall–Kier alpha value is -2.82. The topological polar surface area (TPSA) is 67.4 Å². The zero-order chi connectivity index (χ0) is 15.8. The number of anilines is 1. The first-order valence-corrected chi connectivity index (χ1v) is 6.92. The number of methoxy groups -OCH3 is 1. The van der Waals surface area contributed by atoms with Crippen LogP contribution in [0.5, 0.6) is 5.75 Å². The van der Waals surface area contributed by atoms with Crippen molar-refractivity contribution < 1.29 is 14.3 Å². The van der Waals surface area contributed by atoms with Crippen LogP contribution in [0, 0.1) is 0 Å². The molecule has 0 heterocycles. The molecule has 2 aromatic carbocycles. The third-order valence-electron chi connectivity index (χ3n) is 3.03. The maximum Gasteiger partial charge on any atom is 0.233 e. The van der Waals surface area contributed by atoms with Crippen molar-refractivity contribution in [1.29, 1.82) is 0 Å². The van der Waals surface area contributed by atoms with E-state index in [-0.39, 0.29) is 18.2 Å². The van der Waals surface area contributed by atoms with Crippen molar-refractivity contribution in [2.24, 2.45) is 0 Å². The van der Waals surface area contributed by atoms with Crippen molar-refractivity contribution in [3.8, 4) is 5.75 Å². The maximum absolute atomic E-state index is 11.8. The molecule has 5 heteroatoms. The molecule has 0 radical (unpaired) electrons. The molecule has 2 rings (SSSR count). The van der Waals surface area contributed by atoms with E-state index < -0.39 is 0 Å². The summed E-state index contributed by atoms with van der Waals surface area (Å²) in [5.41, 5.74) is 1.62. The smallest absolute Gasteiger partial charge is 0.233 e. The summed E-state index contributed by atoms with van der Waals surface area (Å²) in [5.74, 6) is 0.0456. The normalized spacial score (nSPS) is 9.86. The average molecular weight is 298 g/mol. The summed E-state index contributed by atoms with van der Waals surface area (Å²) in [7, 11) is 1.57. The van der Waals surface area contributed by atoms with Gasteiger partial charge in [-0.3, -0.25) is 9.59 Å². The summed E-state index contributed by atoms with van der Waals surface area (Å²) < 4.78 is 5.04. The lowest BCUT2D eigenvalue weighted by Crippen LogP contribution is -2.27. The zero-order valence-corrected chi connectivity index (χ0v) is 12.3. The van der Waals surface area contributed by atoms with Crippen molar-refractivity contribution in [2.45, 2.75) is 13.0 Å². The van der Waals surface area contributed by atoms with Crippen molar-refractivity contribution in [3.05, 3.63) is 60.2 Å². The van der Waals surface area contributed by atoms with Crippen molar-refractivity contribution in [1.82, 2.24) is 5.32 Å². The number of amides is 2. The van der Waals surface area contributed by atoms with E-state index in [0.29, 0.717) is 18.0 Å². The molecule has 0 saturated carbocycles. The van der Waals surface area contributed by atoms with E-state index in [2.05, 4.69) is 10.6 Å². The molecule has 0 spiro atoms. The van der Waals surface area contributed by atoms with Crippen LogP contribution in [0.1, 0.15) is 12.0 Å². The van der Waals surface area contributed by atoms with Gasteiger partial charge >= 0.3 is 0 Å². The lowest BCUT2D eigenvalue weighted by atomic mass is 10.2. The minimum atomic E-state index is -0.351. The van der Waals surface area contributed by atoms with Crippen LogP contribution >= 0.6 is 0 Å². The van der Waals surface area contributed by atoms with Gasteiger partial charge in [0.25, 0.3) is 0 Å². The molecule has 22 heavy (non-hydrogen) atoms. The summed E-state index contributed by atoms with van der Waals surface area (Å²) in [6.07, 6.45) is -0.209. The quantitative estimate of drug-likeness (QED) is 0.804. The number of benzene rings is 2. The number of ether oxygens (including phenoxy) is 1. The van der Waals surface area contributed by atoms with Gasteiger partial charge in [0.05, 0.1) is 7.11 Å². The van der Waals surface area contributed by atoms with Gasteiger partial charge in [-0.05, 0) is 29.8 Å². The predicted octanol–water partition coefficient (Wildman–Crippen LogP) is 2.34. The standard InChI is InChI=1S/C17H18N2O3/c1-22-15-9-7-14(8-10-15)19-17(21)11-16(20)18-12-13-5-3-2-4-6-13/h2-10H,11-12H2,1H3,(H,18,20)(H,19,21). The fourth-order valence-corrected chi connectivity index (χ4v) is 1.88. The molecule has 0 atom stereocenters. The monoisotopic (exact) mass is 298 g/mol. The third-order valence-corrected chi connectivity index (χ3v) is 3.03. The Morgan fingerprint density at radius 1 is 0.955 bits per heavy atom. The highest BCUT2D eigenvalue weighted by molar-refractivity contribution is 6.03. The number of rotatable bonds is 6. The molecular formula is C17H18N2O3. The second-order valence-corrected chi connectivity index (χ2v) is 4.72. The van der Waals surface area contributed by atoms with Gasteiger partial charge < -0.3 is 15.4 Å². The van der Waals surface area contributed by atoms with E-state index >= 15 is 0 Å². The molecule has 2 N–H and O–H groups in total. The van der Waals surface area contributed by atoms with Crippen LogP contribution in [-0.2, 0) is 16.1 Å². The van der Waals surface area contributed by atoms with Crippen LogP contribution in [0.3, 0.4) is 0 Å². The molecule has 5 nitrogen and oxygen atoms in total. The Morgan fingerprint density at radius 3 is 2.27 bits per heavy atom. The molecule has 0 aliphatic rings. The lowest BCUT2D eigenvalue weighted by Gasteiger charge is -2.07. The molecule has 0 aromatic heterocycles. The van der Waals surface area contributed by atoms with Crippen molar-refractivity contribution >= 4 is 17.5 Å². The molecule has 0 fully saturated rings. The minimum absolute atomic E-state index is 0.209. The minimum Gasteiger partial charge on any atom is -0.497 e. The SMILES string of the molecule is COc1ccc(NC(=O)CC(=O)NCc2ccccc2)cc1. The molecule has 0 bridgehead atoms. The molecule has 0 saturated heterocycles. The fourth-order valence-electron chi connectivity index (χ4n) is 1.88. The van der Waals surface area contributed by atoms with Crippen molar-refractivity contribution in [2.75, 3.05) is 12.4 Å². The summed E-state index contributed by atoms with van der Waals surface area (Å²) in [6.45, 7) is 0.412. The molecule has 114 valence electrons. The van der Waals surface area contributed by atoms with Crippen LogP contribution in [0.15, 0.2) is 54.6 Å². The number of hydrogen-bond donors (Lipinski definition) is 2. The van der Waals surface area contributed by atoms with E-state index in [0.717, 1.165) is 5.56 Å². The van der Waals surface area contributed by atoms with Gasteiger partial charge in [-0.2, -0.15) is 0 Å². The van der Waals surface area contributed by atoms with Gasteiger partial charge in [0.1, 0.15) is 12.2 Å². The average Bonchev–Trinajstić information content (AvgIpc) is 2.54. The Bertz CT molecular complexity index is 624. The summed E-state index contributed by atoms with van der Waals surface area (Å²) in [6, 6.07) is 16.5. The van der Waals surface area contributed by atoms with Crippen LogP contribution in [0.4, 0.5) is 5.69 Å². The van der Waals surface area contributed by atoms with E-state index in [1.807, 2.05) is 30.3 Å². The molecule has 2 aromatic rings. The van der Waals surface area contributed by atoms with E-state index in [1.54, 1.807) is 31.4 Å². The molecular weight excluding hydrogens is 280 g/mol. The number of hydrogen-bond acceptors (Lipinski definition) is 3. The van der Waals surface area contributed by atoms with E-state index in [9.17, 15) is 9.59 Å². The molecule has 0 aliphatic heterocycles. The highest BCUT2D eigenvalue weighted by atomic mass is 16.5. The molecule has 2 amide bonds. The second kappa shape index (κ2) is 7.83. The number of carbonyl (C=O) groups is 2. The Balaban J connectivity index is 1.77. The molecule has 0 unspecified atom stereocenters. The summed E-state index contributed by atoms with van der Waals surface area (Å²) in [5, 5.41) is 5.38. The largest absolute Gasteiger partial charge is 0.497 e. The van der Waals surface area contributed by atoms with E-state index in [1.165, 1.54) is 0 Å². The van der Waals surface area contributed by atoms with Gasteiger partial charge in [-0.1, -0.05) is 30.3 Å². The first kappa shape index (κ1) is 15.6. The summed E-state index contributed by atoms with van der Waals surface area (Å²) in [4.78, 5) is 23.5. The zero-order valence-electron chi connectivity index (χ0n) is 12.3. The van der Waals surface area contributed by atoms with Gasteiger partial charge in [-0.15, -0.1) is 0 Å². The van der Waals surface area contributed by atoms with Crippen molar-refractivity contribution in [3.63, 3.8) is 0 Å². The summed E-state index contributed by atoms with van der Waals surface area (Å²) >= 11 is 0. The lowest BCUT2D eigenvalue weighted by molar-refractivity contribution is -0.126. The maximum atomic E-state index is 11.8. The highest BCUT2D eigenvalue weighted by Gasteiger charge is 2.09. The number of carbonyl (C=O) groups excluding carboxylic acids is 2. The Kier molecular flexibility index (Phi) is 5.54. The van der Waals surface area contributed by atoms with Gasteiger partial charge in [0.2, 0.25) is 11.8 Å². The first-order chi connectivity index (χ1) is 10.7. The van der Waals surface area contributed by atoms with Crippen LogP contribution in [0.25, 0.3) is 0 Å². The van der Waals surface area contributed by atoms with Gasteiger partial charge in [0.15, 0.2) is 0 Å². The first-order valence-electron chi connectivity index (χ1n) is 6.92. The Morgan fingerprint density at radius 2 is 1.64 bits per heavy atom. The second-order valence-electron chi connectivity index (χ2n) is 4.72. The third kappa shape index (κ3) is 4.94. The Labute approximate surface area is 129 Å². The van der Waals surface area contributed by atoms with Crippen LogP contribution < -0.4 is 15.4 Å². The van der Waals surface area contributed by atoms with E-state index in [4.69, 9.17) is 4.74 Å². The van der Waals surface area contributed by atoms with Crippen LogP contribution in [-0.4, -0.2) is 18.9 Å². The van der Waals surface area contributed by atoms with Gasteiger partial charge in [0, 0.05) is 12.2 Å².